The number of nitrogens with zero attached hydrogens (tertiary/aromatic N) is 3. The van der Waals surface area contributed by atoms with E-state index >= 15 is 0 Å². The molecule has 7 nitrogen and oxygen atoms in total. The second-order valence-corrected chi connectivity index (χ2v) is 10.1. The molecule has 2 heterocycles. The van der Waals surface area contributed by atoms with Crippen LogP contribution >= 0.6 is 11.8 Å². The summed E-state index contributed by atoms with van der Waals surface area (Å²) < 4.78 is 5.08. The van der Waals surface area contributed by atoms with Crippen molar-refractivity contribution in [2.75, 3.05) is 44.6 Å². The van der Waals surface area contributed by atoms with E-state index in [-0.39, 0.29) is 17.8 Å². The standard InChI is InChI=1S/C26H36N4O3S/c1-3-16-33-26(32)22(18-27)25-30(4-2)24(31)23(34-25)19-28-21-12-8-10-20(17-21)11-9-15-29-13-6-5-7-14-29/h3,8,10,12,17,22-23,25,28H,1,4-7,9,11,13-16,19H2,2H3. The van der Waals surface area contributed by atoms with Crippen molar-refractivity contribution in [3.8, 4) is 6.07 Å². The van der Waals surface area contributed by atoms with Crippen molar-refractivity contribution in [1.82, 2.24) is 9.80 Å². The van der Waals surface area contributed by atoms with Gasteiger partial charge in [0.25, 0.3) is 0 Å². The van der Waals surface area contributed by atoms with Gasteiger partial charge in [-0.15, -0.1) is 11.8 Å². The summed E-state index contributed by atoms with van der Waals surface area (Å²) in [4.78, 5) is 29.5. The molecule has 3 unspecified atom stereocenters. The Morgan fingerprint density at radius 2 is 2.18 bits per heavy atom. The highest BCUT2D eigenvalue weighted by Gasteiger charge is 2.46. The zero-order chi connectivity index (χ0) is 24.3. The molecule has 34 heavy (non-hydrogen) atoms. The maximum Gasteiger partial charge on any atom is 0.326 e. The molecular weight excluding hydrogens is 448 g/mol. The number of hydrogen-bond acceptors (Lipinski definition) is 7. The molecule has 0 aromatic heterocycles. The van der Waals surface area contributed by atoms with E-state index in [1.165, 1.54) is 55.8 Å². The van der Waals surface area contributed by atoms with Crippen LogP contribution < -0.4 is 5.32 Å². The lowest BCUT2D eigenvalue weighted by molar-refractivity contribution is -0.146. The van der Waals surface area contributed by atoms with Crippen LogP contribution in [0.5, 0.6) is 0 Å². The Morgan fingerprint density at radius 1 is 1.38 bits per heavy atom. The van der Waals surface area contributed by atoms with Crippen LogP contribution in [0.2, 0.25) is 0 Å². The highest BCUT2D eigenvalue weighted by molar-refractivity contribution is 8.01. The number of esters is 1. The quantitative estimate of drug-likeness (QED) is 0.358. The number of benzene rings is 1. The number of thioether (sulfide) groups is 1. The third kappa shape index (κ3) is 7.00. The van der Waals surface area contributed by atoms with Gasteiger partial charge in [-0.2, -0.15) is 5.26 Å². The van der Waals surface area contributed by atoms with E-state index in [9.17, 15) is 14.9 Å². The van der Waals surface area contributed by atoms with Crippen molar-refractivity contribution in [2.45, 2.75) is 49.7 Å². The largest absolute Gasteiger partial charge is 0.460 e. The molecule has 1 aromatic rings. The van der Waals surface area contributed by atoms with E-state index in [1.54, 1.807) is 4.90 Å². The van der Waals surface area contributed by atoms with Crippen LogP contribution in [0, 0.1) is 17.2 Å². The second kappa shape index (κ2) is 13.4. The summed E-state index contributed by atoms with van der Waals surface area (Å²) in [6.45, 7) is 9.91. The van der Waals surface area contributed by atoms with Crippen molar-refractivity contribution in [1.29, 1.82) is 5.26 Å². The maximum absolute atomic E-state index is 13.0. The Bertz CT molecular complexity index is 881. The number of aryl methyl sites for hydroxylation is 1. The number of carbonyl (C=O) groups excluding carboxylic acids is 2. The molecule has 2 fully saturated rings. The first-order chi connectivity index (χ1) is 16.6. The van der Waals surface area contributed by atoms with Gasteiger partial charge < -0.3 is 19.9 Å². The topological polar surface area (TPSA) is 85.7 Å². The monoisotopic (exact) mass is 484 g/mol. The molecule has 2 aliphatic heterocycles. The van der Waals surface area contributed by atoms with E-state index in [2.05, 4.69) is 28.9 Å². The minimum Gasteiger partial charge on any atom is -0.460 e. The number of nitrogens with one attached hydrogen (secondary N) is 1. The number of anilines is 1. The molecule has 0 spiro atoms. The van der Waals surface area contributed by atoms with Crippen molar-refractivity contribution in [3.63, 3.8) is 0 Å². The fourth-order valence-electron chi connectivity index (χ4n) is 4.54. The number of hydrogen-bond donors (Lipinski definition) is 1. The Balaban J connectivity index is 1.53. The summed E-state index contributed by atoms with van der Waals surface area (Å²) in [6, 6.07) is 10.4. The molecule has 0 aliphatic carbocycles. The first kappa shape index (κ1) is 26.1. The van der Waals surface area contributed by atoms with Gasteiger partial charge in [-0.3, -0.25) is 9.59 Å². The van der Waals surface area contributed by atoms with E-state index in [1.807, 2.05) is 25.1 Å². The van der Waals surface area contributed by atoms with Gasteiger partial charge in [0.1, 0.15) is 17.2 Å². The minimum absolute atomic E-state index is 0.0494. The molecule has 0 radical (unpaired) electrons. The van der Waals surface area contributed by atoms with Crippen LogP contribution in [0.4, 0.5) is 5.69 Å². The van der Waals surface area contributed by atoms with E-state index in [4.69, 9.17) is 4.74 Å². The van der Waals surface area contributed by atoms with Crippen LogP contribution in [-0.2, 0) is 20.7 Å². The van der Waals surface area contributed by atoms with Crippen LogP contribution in [0.3, 0.4) is 0 Å². The van der Waals surface area contributed by atoms with Crippen LogP contribution in [0.25, 0.3) is 0 Å². The SMILES string of the molecule is C=CCOC(=O)C(C#N)C1SC(CNc2cccc(CCCN3CCCCC3)c2)C(=O)N1CC. The second-order valence-electron chi connectivity index (χ2n) is 8.75. The third-order valence-corrected chi connectivity index (χ3v) is 7.84. The average molecular weight is 485 g/mol. The zero-order valence-corrected chi connectivity index (χ0v) is 20.9. The highest BCUT2D eigenvalue weighted by Crippen LogP contribution is 2.36. The minimum atomic E-state index is -1.03. The molecule has 1 N–H and O–H groups in total. The zero-order valence-electron chi connectivity index (χ0n) is 20.1. The Hall–Kier alpha value is -2.50. The fraction of sp³-hybridized carbons (Fsp3) is 0.577. The van der Waals surface area contributed by atoms with Gasteiger partial charge in [0.2, 0.25) is 5.91 Å². The smallest absolute Gasteiger partial charge is 0.326 e. The average Bonchev–Trinajstić information content (AvgIpc) is 3.17. The Labute approximate surface area is 207 Å². The van der Waals surface area contributed by atoms with Crippen LogP contribution in [0.15, 0.2) is 36.9 Å². The fourth-order valence-corrected chi connectivity index (χ4v) is 6.04. The first-order valence-electron chi connectivity index (χ1n) is 12.3. The molecular formula is C26H36N4O3S. The van der Waals surface area contributed by atoms with Gasteiger partial charge in [-0.25, -0.2) is 0 Å². The van der Waals surface area contributed by atoms with Gasteiger partial charge in [-0.05, 0) is 69.9 Å². The van der Waals surface area contributed by atoms with E-state index in [0.717, 1.165) is 25.1 Å². The van der Waals surface area contributed by atoms with Crippen molar-refractivity contribution in [2.24, 2.45) is 5.92 Å². The number of carbonyl (C=O) groups is 2. The van der Waals surface area contributed by atoms with Crippen LogP contribution in [-0.4, -0.2) is 71.6 Å². The van der Waals surface area contributed by atoms with Crippen molar-refractivity contribution >= 4 is 29.3 Å². The third-order valence-electron chi connectivity index (χ3n) is 6.34. The van der Waals surface area contributed by atoms with Gasteiger partial charge >= 0.3 is 5.97 Å². The molecule has 1 aromatic carbocycles. The van der Waals surface area contributed by atoms with Gasteiger partial charge in [0.15, 0.2) is 5.92 Å². The summed E-state index contributed by atoms with van der Waals surface area (Å²) in [6.07, 6.45) is 7.64. The number of ether oxygens (including phenoxy) is 1. The summed E-state index contributed by atoms with van der Waals surface area (Å²) in [5, 5.41) is 12.1. The van der Waals surface area contributed by atoms with Crippen molar-refractivity contribution in [3.05, 3.63) is 42.5 Å². The number of piperidine rings is 1. The molecule has 0 saturated carbocycles. The Morgan fingerprint density at radius 3 is 2.88 bits per heavy atom. The van der Waals surface area contributed by atoms with E-state index in [0.29, 0.717) is 13.1 Å². The lowest BCUT2D eigenvalue weighted by Crippen LogP contribution is -2.41. The number of nitriles is 1. The summed E-state index contributed by atoms with van der Waals surface area (Å²) in [7, 11) is 0. The maximum atomic E-state index is 13.0. The van der Waals surface area contributed by atoms with Gasteiger partial charge in [0, 0.05) is 18.8 Å². The number of amides is 1. The van der Waals surface area contributed by atoms with Gasteiger partial charge in [-0.1, -0.05) is 31.2 Å². The predicted octanol–water partition coefficient (Wildman–Crippen LogP) is 3.68. The van der Waals surface area contributed by atoms with Gasteiger partial charge in [0.05, 0.1) is 6.07 Å². The lowest BCUT2D eigenvalue weighted by Gasteiger charge is -2.26. The van der Waals surface area contributed by atoms with Crippen molar-refractivity contribution < 1.29 is 14.3 Å². The molecule has 184 valence electrons. The highest BCUT2D eigenvalue weighted by atomic mass is 32.2. The summed E-state index contributed by atoms with van der Waals surface area (Å²) in [5.74, 6) is -1.70. The summed E-state index contributed by atoms with van der Waals surface area (Å²) >= 11 is 1.36. The number of rotatable bonds is 12. The first-order valence-corrected chi connectivity index (χ1v) is 13.2. The molecule has 8 heteroatoms. The molecule has 0 bridgehead atoms. The number of likely N-dealkylation sites (tertiary alicyclic amines) is 1. The molecule has 3 rings (SSSR count). The molecule has 1 amide bonds. The molecule has 2 saturated heterocycles. The summed E-state index contributed by atoms with van der Waals surface area (Å²) in [5.41, 5.74) is 2.27. The van der Waals surface area contributed by atoms with E-state index < -0.39 is 17.3 Å². The Kier molecular flexibility index (Phi) is 10.3. The predicted molar refractivity (Wildman–Crippen MR) is 136 cm³/mol. The van der Waals surface area contributed by atoms with Crippen LogP contribution in [0.1, 0.15) is 38.2 Å². The molecule has 3 atom stereocenters. The molecule has 2 aliphatic rings. The lowest BCUT2D eigenvalue weighted by atomic mass is 10.1. The normalized spacial score (nSPS) is 21.6.